The minimum Gasteiger partial charge on any atom is -0.379 e. The highest BCUT2D eigenvalue weighted by Crippen LogP contribution is 2.19. The van der Waals surface area contributed by atoms with Crippen LogP contribution in [0, 0.1) is 0 Å². The molecular weight excluding hydrogens is 344 g/mol. The van der Waals surface area contributed by atoms with Crippen molar-refractivity contribution in [3.63, 3.8) is 0 Å². The van der Waals surface area contributed by atoms with Crippen molar-refractivity contribution in [3.05, 3.63) is 65.7 Å². The number of hydrazine groups is 1. The first-order valence-corrected chi connectivity index (χ1v) is 9.10. The summed E-state index contributed by atoms with van der Waals surface area (Å²) in [5, 5.41) is 10.9. The molecule has 3 rings (SSSR count). The number of nitrogens with zero attached hydrogens (tertiary/aromatic N) is 2. The van der Waals surface area contributed by atoms with E-state index in [2.05, 4.69) is 5.43 Å². The molecule has 1 fully saturated rings. The van der Waals surface area contributed by atoms with Crippen LogP contribution < -0.4 is 16.2 Å². The van der Waals surface area contributed by atoms with Crippen LogP contribution in [0.5, 0.6) is 0 Å². The molecule has 0 aliphatic carbocycles. The quantitative estimate of drug-likeness (QED) is 0.291. The highest BCUT2D eigenvalue weighted by atomic mass is 16.5. The van der Waals surface area contributed by atoms with Crippen LogP contribution in [-0.4, -0.2) is 55.1 Å². The topological polar surface area (TPSA) is 91.1 Å². The largest absolute Gasteiger partial charge is 0.379 e. The van der Waals surface area contributed by atoms with E-state index in [1.54, 1.807) is 12.1 Å². The second-order valence-corrected chi connectivity index (χ2v) is 6.44. The van der Waals surface area contributed by atoms with E-state index in [-0.39, 0.29) is 5.91 Å². The summed E-state index contributed by atoms with van der Waals surface area (Å²) in [5.41, 5.74) is 4.70. The number of nitrogens with two attached hydrogens (primary N) is 1. The van der Waals surface area contributed by atoms with Gasteiger partial charge in [0.2, 0.25) is 0 Å². The molecular formula is C20H26N4O3. The summed E-state index contributed by atoms with van der Waals surface area (Å²) < 4.78 is 5.39. The standard InChI is InChI=1S/C20H26N4O3/c21-22-19(25)17-8-6-16(7-9-17)10-11-24(18-4-2-1-3-5-18)20(26)23-12-14-27-15-13-23/h1-9,20,26H,10-15,21H2,(H,22,25). The van der Waals surface area contributed by atoms with Crippen LogP contribution in [0.2, 0.25) is 0 Å². The molecule has 1 saturated heterocycles. The molecule has 1 heterocycles. The molecule has 7 nitrogen and oxygen atoms in total. The monoisotopic (exact) mass is 370 g/mol. The molecule has 1 aliphatic heterocycles. The number of anilines is 1. The molecule has 27 heavy (non-hydrogen) atoms. The molecule has 2 aromatic carbocycles. The molecule has 1 aliphatic rings. The summed E-state index contributed by atoms with van der Waals surface area (Å²) in [6, 6.07) is 17.2. The van der Waals surface area contributed by atoms with Crippen molar-refractivity contribution in [1.82, 2.24) is 10.3 Å². The van der Waals surface area contributed by atoms with Crippen molar-refractivity contribution in [2.45, 2.75) is 12.8 Å². The second kappa shape index (κ2) is 9.48. The molecule has 2 aromatic rings. The Kier molecular flexibility index (Phi) is 6.78. The second-order valence-electron chi connectivity index (χ2n) is 6.44. The van der Waals surface area contributed by atoms with Crippen LogP contribution in [0.15, 0.2) is 54.6 Å². The summed E-state index contributed by atoms with van der Waals surface area (Å²) in [5.74, 6) is 4.85. The number of para-hydroxylation sites is 1. The van der Waals surface area contributed by atoms with E-state index in [1.807, 2.05) is 52.3 Å². The van der Waals surface area contributed by atoms with Gasteiger partial charge in [-0.25, -0.2) is 5.84 Å². The third-order valence-corrected chi connectivity index (χ3v) is 4.73. The first-order chi connectivity index (χ1) is 13.2. The number of aliphatic hydroxyl groups excluding tert-OH is 1. The smallest absolute Gasteiger partial charge is 0.265 e. The first-order valence-electron chi connectivity index (χ1n) is 9.10. The Hall–Kier alpha value is -2.45. The molecule has 0 radical (unpaired) electrons. The van der Waals surface area contributed by atoms with Crippen molar-refractivity contribution in [1.29, 1.82) is 0 Å². The fourth-order valence-corrected chi connectivity index (χ4v) is 3.16. The number of carbonyl (C=O) groups is 1. The van der Waals surface area contributed by atoms with Gasteiger partial charge >= 0.3 is 0 Å². The molecule has 0 spiro atoms. The average molecular weight is 370 g/mol. The molecule has 1 amide bonds. The minimum absolute atomic E-state index is 0.310. The number of nitrogens with one attached hydrogen (secondary N) is 1. The molecule has 4 N–H and O–H groups in total. The van der Waals surface area contributed by atoms with E-state index < -0.39 is 6.35 Å². The maximum Gasteiger partial charge on any atom is 0.265 e. The van der Waals surface area contributed by atoms with Crippen LogP contribution in [0.25, 0.3) is 0 Å². The first kappa shape index (κ1) is 19.3. The summed E-state index contributed by atoms with van der Waals surface area (Å²) in [6.07, 6.45) is 0.0273. The zero-order valence-electron chi connectivity index (χ0n) is 15.3. The number of rotatable bonds is 7. The summed E-state index contributed by atoms with van der Waals surface area (Å²) >= 11 is 0. The predicted molar refractivity (Wildman–Crippen MR) is 104 cm³/mol. The van der Waals surface area contributed by atoms with Crippen LogP contribution in [0.3, 0.4) is 0 Å². The summed E-state index contributed by atoms with van der Waals surface area (Å²) in [7, 11) is 0. The predicted octanol–water partition coefficient (Wildman–Crippen LogP) is 0.947. The zero-order chi connectivity index (χ0) is 19.1. The lowest BCUT2D eigenvalue weighted by Crippen LogP contribution is -2.53. The fourth-order valence-electron chi connectivity index (χ4n) is 3.16. The number of aliphatic hydroxyl groups is 1. The maximum atomic E-state index is 11.5. The molecule has 0 aromatic heterocycles. The molecule has 7 heteroatoms. The Bertz CT molecular complexity index is 718. The van der Waals surface area contributed by atoms with Gasteiger partial charge in [-0.15, -0.1) is 0 Å². The number of hydrogen-bond acceptors (Lipinski definition) is 6. The van der Waals surface area contributed by atoms with E-state index >= 15 is 0 Å². The van der Waals surface area contributed by atoms with E-state index in [4.69, 9.17) is 10.6 Å². The normalized spacial score (nSPS) is 15.9. The fraction of sp³-hybridized carbons (Fsp3) is 0.350. The Labute approximate surface area is 159 Å². The molecule has 0 bridgehead atoms. The van der Waals surface area contributed by atoms with Gasteiger partial charge in [0.15, 0.2) is 6.35 Å². The number of morpholine rings is 1. The highest BCUT2D eigenvalue weighted by molar-refractivity contribution is 5.93. The van der Waals surface area contributed by atoms with Gasteiger partial charge in [0.1, 0.15) is 0 Å². The van der Waals surface area contributed by atoms with Crippen LogP contribution in [-0.2, 0) is 11.2 Å². The van der Waals surface area contributed by atoms with E-state index in [1.165, 1.54) is 0 Å². The van der Waals surface area contributed by atoms with Gasteiger partial charge in [0.05, 0.1) is 13.2 Å². The van der Waals surface area contributed by atoms with E-state index in [9.17, 15) is 9.90 Å². The van der Waals surface area contributed by atoms with Crippen molar-refractivity contribution in [2.75, 3.05) is 37.7 Å². The summed E-state index contributed by atoms with van der Waals surface area (Å²) in [4.78, 5) is 15.6. The van der Waals surface area contributed by atoms with E-state index in [0.29, 0.717) is 38.4 Å². The van der Waals surface area contributed by atoms with Crippen LogP contribution >= 0.6 is 0 Å². The lowest BCUT2D eigenvalue weighted by Gasteiger charge is -2.39. The van der Waals surface area contributed by atoms with Crippen LogP contribution in [0.1, 0.15) is 15.9 Å². The lowest BCUT2D eigenvalue weighted by molar-refractivity contribution is -0.0589. The number of amides is 1. The van der Waals surface area contributed by atoms with Gasteiger partial charge in [0, 0.05) is 30.9 Å². The summed E-state index contributed by atoms with van der Waals surface area (Å²) in [6.45, 7) is 3.31. The molecule has 1 unspecified atom stereocenters. The number of carbonyl (C=O) groups excluding carboxylic acids is 1. The molecule has 144 valence electrons. The van der Waals surface area contributed by atoms with Crippen molar-refractivity contribution < 1.29 is 14.6 Å². The third kappa shape index (κ3) is 5.05. The van der Waals surface area contributed by atoms with Crippen LogP contribution in [0.4, 0.5) is 5.69 Å². The number of hydrogen-bond donors (Lipinski definition) is 3. The zero-order valence-corrected chi connectivity index (χ0v) is 15.3. The molecule has 1 atom stereocenters. The Morgan fingerprint density at radius 3 is 2.44 bits per heavy atom. The average Bonchev–Trinajstić information content (AvgIpc) is 2.75. The number of nitrogen functional groups attached to an aromatic ring is 1. The Balaban J connectivity index is 1.70. The van der Waals surface area contributed by atoms with Gasteiger partial charge in [0.25, 0.3) is 5.91 Å². The van der Waals surface area contributed by atoms with Gasteiger partial charge in [-0.1, -0.05) is 30.3 Å². The maximum absolute atomic E-state index is 11.5. The Morgan fingerprint density at radius 1 is 1.15 bits per heavy atom. The van der Waals surface area contributed by atoms with Crippen molar-refractivity contribution in [2.24, 2.45) is 5.84 Å². The van der Waals surface area contributed by atoms with Gasteiger partial charge < -0.3 is 14.7 Å². The lowest BCUT2D eigenvalue weighted by atomic mass is 10.1. The molecule has 0 saturated carbocycles. The van der Waals surface area contributed by atoms with Crippen molar-refractivity contribution >= 4 is 11.6 Å². The third-order valence-electron chi connectivity index (χ3n) is 4.73. The van der Waals surface area contributed by atoms with E-state index in [0.717, 1.165) is 17.7 Å². The number of benzene rings is 2. The number of ether oxygens (including phenoxy) is 1. The van der Waals surface area contributed by atoms with Gasteiger partial charge in [-0.3, -0.25) is 15.1 Å². The van der Waals surface area contributed by atoms with Crippen molar-refractivity contribution in [3.8, 4) is 0 Å². The minimum atomic E-state index is -0.710. The van der Waals surface area contributed by atoms with Gasteiger partial charge in [-0.05, 0) is 36.2 Å². The Morgan fingerprint density at radius 2 is 1.81 bits per heavy atom. The van der Waals surface area contributed by atoms with Gasteiger partial charge in [-0.2, -0.15) is 0 Å². The highest BCUT2D eigenvalue weighted by Gasteiger charge is 2.24. The SMILES string of the molecule is NNC(=O)c1ccc(CCN(c2ccccc2)C(O)N2CCOCC2)cc1.